The number of amides is 1. The molecule has 0 radical (unpaired) electrons. The Morgan fingerprint density at radius 2 is 1.87 bits per heavy atom. The molecule has 2 aromatic rings. The third-order valence-electron chi connectivity index (χ3n) is 9.84. The molecule has 2 saturated carbocycles. The lowest BCUT2D eigenvalue weighted by molar-refractivity contribution is -0.925. The van der Waals surface area contributed by atoms with Gasteiger partial charge in [0.15, 0.2) is 0 Å². The van der Waals surface area contributed by atoms with Crippen molar-refractivity contribution < 1.29 is 19.1 Å². The zero-order valence-electron chi connectivity index (χ0n) is 23.5. The maximum atomic E-state index is 13.0. The third kappa shape index (κ3) is 5.94. The van der Waals surface area contributed by atoms with E-state index in [1.165, 1.54) is 24.9 Å². The molecule has 3 fully saturated rings. The van der Waals surface area contributed by atoms with Crippen LogP contribution in [0.15, 0.2) is 54.6 Å². The summed E-state index contributed by atoms with van der Waals surface area (Å²) in [5.41, 5.74) is 2.03. The molecular weight excluding hydrogens is 472 g/mol. The van der Waals surface area contributed by atoms with Gasteiger partial charge < -0.3 is 19.6 Å². The number of hydrogen-bond acceptors (Lipinski definition) is 3. The molecule has 5 nitrogen and oxygen atoms in total. The highest BCUT2D eigenvalue weighted by Crippen LogP contribution is 2.55. The highest BCUT2D eigenvalue weighted by Gasteiger charge is 2.63. The van der Waals surface area contributed by atoms with Gasteiger partial charge in [0.25, 0.3) is 0 Å². The Morgan fingerprint density at radius 1 is 1.05 bits per heavy atom. The number of ether oxygens (including phenoxy) is 1. The summed E-state index contributed by atoms with van der Waals surface area (Å²) in [7, 11) is 4.30. The molecule has 1 unspecified atom stereocenters. The Bertz CT molecular complexity index is 1090. The number of aryl methyl sites for hydroxylation is 1. The van der Waals surface area contributed by atoms with Gasteiger partial charge >= 0.3 is 0 Å². The van der Waals surface area contributed by atoms with Gasteiger partial charge in [0.05, 0.1) is 20.1 Å². The molecule has 2 N–H and O–H groups in total. The summed E-state index contributed by atoms with van der Waals surface area (Å²) in [6.45, 7) is 3.35. The fourth-order valence-electron chi connectivity index (χ4n) is 7.70. The third-order valence-corrected chi connectivity index (χ3v) is 9.84. The number of methoxy groups -OCH3 is 1. The first-order valence-corrected chi connectivity index (χ1v) is 14.9. The van der Waals surface area contributed by atoms with Crippen molar-refractivity contribution in [3.63, 3.8) is 0 Å². The molecule has 0 bridgehead atoms. The first-order chi connectivity index (χ1) is 18.4. The van der Waals surface area contributed by atoms with Crippen LogP contribution >= 0.6 is 0 Å². The summed E-state index contributed by atoms with van der Waals surface area (Å²) in [5.74, 6) is 1.35. The van der Waals surface area contributed by atoms with E-state index in [9.17, 15) is 9.90 Å². The fraction of sp³-hybridized carbons (Fsp3) is 0.606. The molecule has 0 spiro atoms. The number of nitrogens with zero attached hydrogens (tertiary/aromatic N) is 1. The van der Waals surface area contributed by atoms with Crippen molar-refractivity contribution in [3.8, 4) is 5.75 Å². The quantitative estimate of drug-likeness (QED) is 0.294. The van der Waals surface area contributed by atoms with Gasteiger partial charge in [-0.2, -0.15) is 0 Å². The number of phenolic OH excluding ortho intramolecular Hbond substituents is 1. The van der Waals surface area contributed by atoms with E-state index in [2.05, 4.69) is 48.8 Å². The number of hydrogen-bond donors (Lipinski definition) is 2. The van der Waals surface area contributed by atoms with E-state index in [0.29, 0.717) is 12.2 Å². The van der Waals surface area contributed by atoms with E-state index in [1.807, 2.05) is 19.2 Å². The van der Waals surface area contributed by atoms with Crippen LogP contribution in [0.5, 0.6) is 5.75 Å². The van der Waals surface area contributed by atoms with Gasteiger partial charge in [0.1, 0.15) is 17.9 Å². The van der Waals surface area contributed by atoms with Crippen LogP contribution in [0.4, 0.5) is 0 Å². The maximum absolute atomic E-state index is 13.0. The number of likely N-dealkylation sites (tertiary alicyclic amines) is 1. The first kappa shape index (κ1) is 27.2. The Balaban J connectivity index is 1.24. The predicted molar refractivity (Wildman–Crippen MR) is 152 cm³/mol. The van der Waals surface area contributed by atoms with Crippen LogP contribution in [0.2, 0.25) is 0 Å². The lowest BCUT2D eigenvalue weighted by Crippen LogP contribution is -2.72. The molecule has 5 rings (SSSR count). The Kier molecular flexibility index (Phi) is 8.16. The van der Waals surface area contributed by atoms with Crippen LogP contribution in [-0.2, 0) is 21.4 Å². The minimum absolute atomic E-state index is 0.137. The van der Waals surface area contributed by atoms with E-state index in [0.717, 1.165) is 80.4 Å². The van der Waals surface area contributed by atoms with Crippen molar-refractivity contribution >= 4 is 5.91 Å². The number of fused-ring (bicyclic) bond motifs is 1. The number of quaternary nitrogens is 1. The van der Waals surface area contributed by atoms with E-state index in [-0.39, 0.29) is 23.0 Å². The number of piperidine rings is 1. The molecule has 0 aromatic heterocycles. The topological polar surface area (TPSA) is 58.6 Å². The second-order valence-electron chi connectivity index (χ2n) is 12.8. The molecule has 38 heavy (non-hydrogen) atoms. The highest BCUT2D eigenvalue weighted by atomic mass is 16.5. The Labute approximate surface area is 229 Å². The minimum Gasteiger partial charge on any atom is -0.508 e. The van der Waals surface area contributed by atoms with Crippen LogP contribution in [0.1, 0.15) is 75.3 Å². The Hall–Kier alpha value is -2.37. The molecule has 1 heterocycles. The average molecular weight is 520 g/mol. The first-order valence-electron chi connectivity index (χ1n) is 14.9. The molecule has 1 saturated heterocycles. The molecular formula is C33H47N2O3+. The van der Waals surface area contributed by atoms with Crippen molar-refractivity contribution in [1.29, 1.82) is 0 Å². The predicted octanol–water partition coefficient (Wildman–Crippen LogP) is 5.75. The van der Waals surface area contributed by atoms with Crippen LogP contribution in [0.3, 0.4) is 0 Å². The number of aromatic hydroxyl groups is 1. The van der Waals surface area contributed by atoms with Gasteiger partial charge in [-0.25, -0.2) is 0 Å². The number of carbonyl (C=O) groups is 1. The monoisotopic (exact) mass is 519 g/mol. The number of likely N-dealkylation sites (N-methyl/N-ethyl adjacent to an activating group) is 1. The number of benzene rings is 2. The summed E-state index contributed by atoms with van der Waals surface area (Å²) in [4.78, 5) is 13.0. The van der Waals surface area contributed by atoms with Gasteiger partial charge in [-0.05, 0) is 74.6 Å². The van der Waals surface area contributed by atoms with E-state index < -0.39 is 0 Å². The van der Waals surface area contributed by atoms with Crippen molar-refractivity contribution in [2.24, 2.45) is 5.92 Å². The zero-order chi connectivity index (χ0) is 26.6. The molecule has 206 valence electrons. The van der Waals surface area contributed by atoms with Crippen molar-refractivity contribution in [3.05, 3.63) is 65.7 Å². The minimum atomic E-state index is -0.290. The van der Waals surface area contributed by atoms with Gasteiger partial charge in [0.2, 0.25) is 5.91 Å². The highest BCUT2D eigenvalue weighted by molar-refractivity contribution is 5.76. The van der Waals surface area contributed by atoms with Crippen molar-refractivity contribution in [1.82, 2.24) is 5.32 Å². The van der Waals surface area contributed by atoms with E-state index in [1.54, 1.807) is 6.07 Å². The van der Waals surface area contributed by atoms with Gasteiger partial charge in [0, 0.05) is 37.3 Å². The maximum Gasteiger partial charge on any atom is 0.220 e. The standard InChI is InChI=1S/C33H46N2O3/c1-35(24-27-16-17-27)21-20-32(28-13-9-14-30(36)22-28)23-29(18-19-33(32,25-35)38-2)34-31(37)15-8-4-7-12-26-10-5-3-6-11-26/h3,5-6,9-11,13-14,22,27,29H,4,7-8,12,15-21,23-25H2,1-2H3,(H-,34,36,37)/p+1/t29-,32+,33?,35-/m1/s1. The molecule has 1 aliphatic heterocycles. The number of phenols is 1. The van der Waals surface area contributed by atoms with Crippen LogP contribution in [0, 0.1) is 5.92 Å². The number of carbonyl (C=O) groups excluding carboxylic acids is 1. The summed E-state index contributed by atoms with van der Waals surface area (Å²) in [6, 6.07) is 18.6. The molecule has 2 aliphatic carbocycles. The smallest absolute Gasteiger partial charge is 0.220 e. The van der Waals surface area contributed by atoms with Crippen LogP contribution in [-0.4, -0.2) is 60.9 Å². The molecule has 1 amide bonds. The van der Waals surface area contributed by atoms with Gasteiger partial charge in [-0.15, -0.1) is 0 Å². The second-order valence-corrected chi connectivity index (χ2v) is 12.8. The Morgan fingerprint density at radius 3 is 2.61 bits per heavy atom. The van der Waals surface area contributed by atoms with Crippen molar-refractivity contribution in [2.75, 3.05) is 33.8 Å². The van der Waals surface area contributed by atoms with E-state index >= 15 is 0 Å². The molecule has 2 aromatic carbocycles. The lowest BCUT2D eigenvalue weighted by atomic mass is 9.54. The summed E-state index contributed by atoms with van der Waals surface area (Å²) in [5, 5.41) is 13.8. The van der Waals surface area contributed by atoms with Crippen LogP contribution < -0.4 is 5.32 Å². The normalized spacial score (nSPS) is 30.9. The lowest BCUT2D eigenvalue weighted by Gasteiger charge is -2.61. The largest absolute Gasteiger partial charge is 0.508 e. The number of rotatable bonds is 11. The molecule has 4 atom stereocenters. The van der Waals surface area contributed by atoms with Gasteiger partial charge in [-0.3, -0.25) is 4.79 Å². The van der Waals surface area contributed by atoms with Crippen molar-refractivity contribution in [2.45, 2.75) is 87.7 Å². The number of nitrogens with one attached hydrogen (secondary N) is 1. The zero-order valence-corrected chi connectivity index (χ0v) is 23.5. The fourth-order valence-corrected chi connectivity index (χ4v) is 7.70. The second kappa shape index (κ2) is 11.4. The number of unbranched alkanes of at least 4 members (excludes halogenated alkanes) is 2. The molecule has 3 aliphatic rings. The molecule has 5 heteroatoms. The van der Waals surface area contributed by atoms with E-state index in [4.69, 9.17) is 4.74 Å². The average Bonchev–Trinajstić information content (AvgIpc) is 3.73. The summed E-state index contributed by atoms with van der Waals surface area (Å²) in [6.07, 6.45) is 11.3. The van der Waals surface area contributed by atoms with Gasteiger partial charge in [-0.1, -0.05) is 48.9 Å². The summed E-state index contributed by atoms with van der Waals surface area (Å²) < 4.78 is 7.62. The van der Waals surface area contributed by atoms with Crippen LogP contribution in [0.25, 0.3) is 0 Å². The SMILES string of the molecule is COC12CC[C@@H](NC(=O)CCCCCc3ccccc3)C[C@]1(c1cccc(O)c1)CC[N@+](C)(CC1CC1)C2. The summed E-state index contributed by atoms with van der Waals surface area (Å²) >= 11 is 0.